The summed E-state index contributed by atoms with van der Waals surface area (Å²) >= 11 is 1.64. The van der Waals surface area contributed by atoms with Gasteiger partial charge in [-0.1, -0.05) is 18.2 Å². The molecule has 3 rings (SSSR count). The fourth-order valence-corrected chi connectivity index (χ4v) is 3.67. The fraction of sp³-hybridized carbons (Fsp3) is 0.333. The summed E-state index contributed by atoms with van der Waals surface area (Å²) in [7, 11) is 0. The summed E-state index contributed by atoms with van der Waals surface area (Å²) in [4.78, 5) is 12.0. The van der Waals surface area contributed by atoms with Gasteiger partial charge in [-0.05, 0) is 37.5 Å². The van der Waals surface area contributed by atoms with Gasteiger partial charge in [-0.15, -0.1) is 11.3 Å². The maximum Gasteiger partial charge on any atom is 0.141 e. The van der Waals surface area contributed by atoms with Crippen LogP contribution >= 0.6 is 11.3 Å². The van der Waals surface area contributed by atoms with Crippen LogP contribution in [0.1, 0.15) is 18.1 Å². The number of aliphatic hydroxyl groups is 1. The number of hydrogen-bond donors (Lipinski definition) is 1. The van der Waals surface area contributed by atoms with Crippen LogP contribution < -0.4 is 4.90 Å². The number of thiophene rings is 1. The molecule has 5 heteroatoms. The van der Waals surface area contributed by atoms with Crippen molar-refractivity contribution in [3.63, 3.8) is 0 Å². The number of aryl methyl sites for hydroxylation is 2. The molecule has 120 valence electrons. The summed E-state index contributed by atoms with van der Waals surface area (Å²) in [5.74, 6) is 0.904. The van der Waals surface area contributed by atoms with Gasteiger partial charge in [0.15, 0.2) is 0 Å². The van der Waals surface area contributed by atoms with Crippen LogP contribution in [0.4, 0.5) is 5.82 Å². The minimum atomic E-state index is 0.114. The predicted molar refractivity (Wildman–Crippen MR) is 97.3 cm³/mol. The lowest BCUT2D eigenvalue weighted by Crippen LogP contribution is -2.27. The molecule has 23 heavy (non-hydrogen) atoms. The van der Waals surface area contributed by atoms with Crippen LogP contribution in [-0.4, -0.2) is 34.8 Å². The molecule has 0 atom stereocenters. The highest BCUT2D eigenvalue weighted by atomic mass is 32.1. The highest BCUT2D eigenvalue weighted by molar-refractivity contribution is 7.17. The Labute approximate surface area is 140 Å². The van der Waals surface area contributed by atoms with Gasteiger partial charge in [0.05, 0.1) is 12.0 Å². The van der Waals surface area contributed by atoms with Crippen LogP contribution in [0.25, 0.3) is 21.3 Å². The molecule has 3 aromatic rings. The second-order valence-electron chi connectivity index (χ2n) is 5.63. The van der Waals surface area contributed by atoms with Crippen LogP contribution in [-0.2, 0) is 0 Å². The molecule has 0 amide bonds. The van der Waals surface area contributed by atoms with Crippen molar-refractivity contribution in [3.05, 3.63) is 41.0 Å². The Kier molecular flexibility index (Phi) is 4.59. The molecule has 1 N–H and O–H groups in total. The van der Waals surface area contributed by atoms with E-state index >= 15 is 0 Å². The van der Waals surface area contributed by atoms with E-state index in [4.69, 9.17) is 0 Å². The topological polar surface area (TPSA) is 49.2 Å². The van der Waals surface area contributed by atoms with Crippen molar-refractivity contribution in [1.82, 2.24) is 9.97 Å². The van der Waals surface area contributed by atoms with Crippen molar-refractivity contribution >= 4 is 27.4 Å². The number of anilines is 1. The van der Waals surface area contributed by atoms with E-state index in [1.165, 1.54) is 22.3 Å². The zero-order chi connectivity index (χ0) is 16.4. The molecule has 4 nitrogen and oxygen atoms in total. The van der Waals surface area contributed by atoms with Gasteiger partial charge in [-0.25, -0.2) is 9.97 Å². The summed E-state index contributed by atoms with van der Waals surface area (Å²) < 4.78 is 0. The fourth-order valence-electron chi connectivity index (χ4n) is 2.76. The zero-order valence-electron chi connectivity index (χ0n) is 13.7. The number of rotatable bonds is 5. The van der Waals surface area contributed by atoms with E-state index in [0.29, 0.717) is 6.54 Å². The average molecular weight is 327 g/mol. The van der Waals surface area contributed by atoms with E-state index in [0.717, 1.165) is 22.6 Å². The number of fused-ring (bicyclic) bond motifs is 1. The van der Waals surface area contributed by atoms with Gasteiger partial charge in [0.1, 0.15) is 17.0 Å². The lowest BCUT2D eigenvalue weighted by atomic mass is 10.0. The number of aromatic nitrogens is 2. The second kappa shape index (κ2) is 6.64. The van der Waals surface area contributed by atoms with Crippen molar-refractivity contribution in [2.45, 2.75) is 20.8 Å². The quantitative estimate of drug-likeness (QED) is 0.774. The van der Waals surface area contributed by atoms with E-state index in [1.54, 1.807) is 17.7 Å². The Balaban J connectivity index is 2.20. The highest BCUT2D eigenvalue weighted by Crippen LogP contribution is 2.38. The largest absolute Gasteiger partial charge is 0.395 e. The van der Waals surface area contributed by atoms with Gasteiger partial charge < -0.3 is 10.0 Å². The van der Waals surface area contributed by atoms with Crippen LogP contribution in [0.3, 0.4) is 0 Å². The molecule has 0 bridgehead atoms. The zero-order valence-corrected chi connectivity index (χ0v) is 14.5. The van der Waals surface area contributed by atoms with Gasteiger partial charge in [0.2, 0.25) is 0 Å². The summed E-state index contributed by atoms with van der Waals surface area (Å²) in [6.07, 6.45) is 1.61. The number of hydrogen-bond acceptors (Lipinski definition) is 5. The Morgan fingerprint density at radius 2 is 2.00 bits per heavy atom. The van der Waals surface area contributed by atoms with Crippen molar-refractivity contribution in [2.75, 3.05) is 24.6 Å². The van der Waals surface area contributed by atoms with Crippen LogP contribution in [0.5, 0.6) is 0 Å². The third kappa shape index (κ3) is 2.94. The minimum absolute atomic E-state index is 0.114. The second-order valence-corrected chi connectivity index (χ2v) is 6.49. The Bertz CT molecular complexity index is 828. The van der Waals surface area contributed by atoms with Crippen LogP contribution in [0, 0.1) is 13.8 Å². The number of aliphatic hydroxyl groups excluding tert-OH is 1. The molecular formula is C18H21N3OS. The first-order valence-electron chi connectivity index (χ1n) is 7.81. The first kappa shape index (κ1) is 15.9. The summed E-state index contributed by atoms with van der Waals surface area (Å²) in [5.41, 5.74) is 4.93. The van der Waals surface area contributed by atoms with Gasteiger partial charge in [0, 0.05) is 24.0 Å². The van der Waals surface area contributed by atoms with E-state index < -0.39 is 0 Å². The van der Waals surface area contributed by atoms with Crippen LogP contribution in [0.2, 0.25) is 0 Å². The van der Waals surface area contributed by atoms with Gasteiger partial charge in [-0.2, -0.15) is 0 Å². The molecule has 0 aliphatic heterocycles. The number of benzene rings is 1. The maximum absolute atomic E-state index is 9.32. The van der Waals surface area contributed by atoms with Crippen LogP contribution in [0.15, 0.2) is 29.9 Å². The van der Waals surface area contributed by atoms with E-state index in [9.17, 15) is 5.11 Å². The molecule has 0 unspecified atom stereocenters. The number of likely N-dealkylation sites (N-methyl/N-ethyl adjacent to an activating group) is 1. The van der Waals surface area contributed by atoms with Gasteiger partial charge >= 0.3 is 0 Å². The monoisotopic (exact) mass is 327 g/mol. The van der Waals surface area contributed by atoms with Crippen molar-refractivity contribution in [3.8, 4) is 11.1 Å². The summed E-state index contributed by atoms with van der Waals surface area (Å²) in [6.45, 7) is 7.82. The predicted octanol–water partition coefficient (Wildman–Crippen LogP) is 3.79. The van der Waals surface area contributed by atoms with E-state index in [2.05, 4.69) is 59.2 Å². The summed E-state index contributed by atoms with van der Waals surface area (Å²) in [6, 6.07) is 6.53. The minimum Gasteiger partial charge on any atom is -0.395 e. The molecule has 0 saturated carbocycles. The molecule has 0 aliphatic carbocycles. The third-order valence-corrected chi connectivity index (χ3v) is 5.11. The highest BCUT2D eigenvalue weighted by Gasteiger charge is 2.17. The molecule has 2 heterocycles. The van der Waals surface area contributed by atoms with Crippen molar-refractivity contribution in [1.29, 1.82) is 0 Å². The van der Waals surface area contributed by atoms with Gasteiger partial charge in [0.25, 0.3) is 0 Å². The lowest BCUT2D eigenvalue weighted by Gasteiger charge is -2.21. The van der Waals surface area contributed by atoms with Crippen molar-refractivity contribution in [2.24, 2.45) is 0 Å². The molecule has 0 fully saturated rings. The molecule has 0 aliphatic rings. The summed E-state index contributed by atoms with van der Waals surface area (Å²) in [5, 5.41) is 12.6. The smallest absolute Gasteiger partial charge is 0.141 e. The molecule has 1 aromatic carbocycles. The molecule has 0 radical (unpaired) electrons. The van der Waals surface area contributed by atoms with E-state index in [-0.39, 0.29) is 6.61 Å². The first-order valence-corrected chi connectivity index (χ1v) is 8.69. The van der Waals surface area contributed by atoms with Gasteiger partial charge in [-0.3, -0.25) is 0 Å². The van der Waals surface area contributed by atoms with Crippen molar-refractivity contribution < 1.29 is 5.11 Å². The first-order chi connectivity index (χ1) is 11.2. The molecule has 0 spiro atoms. The third-order valence-electron chi connectivity index (χ3n) is 4.22. The molecule has 2 aromatic heterocycles. The average Bonchev–Trinajstić information content (AvgIpc) is 2.99. The lowest BCUT2D eigenvalue weighted by molar-refractivity contribution is 0.302. The SMILES string of the molecule is CCN(CCO)c1ncnc2scc(-c3ccc(C)c(C)c3)c12. The number of nitrogens with zero attached hydrogens (tertiary/aromatic N) is 3. The molecule has 0 saturated heterocycles. The standard InChI is InChI=1S/C18H21N3OS/c1-4-21(7-8-22)17-16-15(10-23-18(16)20-11-19-17)14-6-5-12(2)13(3)9-14/h5-6,9-11,22H,4,7-8H2,1-3H3. The maximum atomic E-state index is 9.32. The Morgan fingerprint density at radius 3 is 2.70 bits per heavy atom. The molecular weight excluding hydrogens is 306 g/mol. The van der Waals surface area contributed by atoms with E-state index in [1.807, 2.05) is 0 Å². The Hall–Kier alpha value is -1.98. The Morgan fingerprint density at radius 1 is 1.17 bits per heavy atom. The normalized spacial score (nSPS) is 11.1.